The molecule has 2 fully saturated rings. The highest BCUT2D eigenvalue weighted by Crippen LogP contribution is 2.39. The van der Waals surface area contributed by atoms with Gasteiger partial charge in [0.2, 0.25) is 11.7 Å². The molecule has 0 radical (unpaired) electrons. The zero-order valence-corrected chi connectivity index (χ0v) is 13.9. The quantitative estimate of drug-likeness (QED) is 0.822. The first-order chi connectivity index (χ1) is 11.6. The van der Waals surface area contributed by atoms with Gasteiger partial charge in [0.25, 0.3) is 5.91 Å². The van der Waals surface area contributed by atoms with Crippen LogP contribution >= 0.6 is 0 Å². The molecule has 128 valence electrons. The minimum absolute atomic E-state index is 0.0688. The fraction of sp³-hybridized carbons (Fsp3) is 0.625. The monoisotopic (exact) mass is 331 g/mol. The van der Waals surface area contributed by atoms with E-state index in [9.17, 15) is 4.79 Å². The van der Waals surface area contributed by atoms with Crippen LogP contribution in [0.15, 0.2) is 15.1 Å². The van der Waals surface area contributed by atoms with Gasteiger partial charge in [-0.1, -0.05) is 10.3 Å². The summed E-state index contributed by atoms with van der Waals surface area (Å²) in [7, 11) is 2.02. The highest BCUT2D eigenvalue weighted by atomic mass is 16.5. The Morgan fingerprint density at radius 3 is 2.88 bits per heavy atom. The first kappa shape index (κ1) is 15.3. The van der Waals surface area contributed by atoms with Gasteiger partial charge in [-0.25, -0.2) is 0 Å². The van der Waals surface area contributed by atoms with Crippen molar-refractivity contribution in [3.05, 3.63) is 29.2 Å². The number of carbonyl (C=O) groups is 1. The predicted octanol–water partition coefficient (Wildman–Crippen LogP) is 1.59. The number of amides is 1. The van der Waals surface area contributed by atoms with E-state index >= 15 is 0 Å². The Morgan fingerprint density at radius 1 is 1.33 bits per heavy atom. The maximum absolute atomic E-state index is 12.6. The maximum atomic E-state index is 12.6. The van der Waals surface area contributed by atoms with Crippen LogP contribution in [0, 0.1) is 6.92 Å². The van der Waals surface area contributed by atoms with Gasteiger partial charge in [0.05, 0.1) is 12.2 Å². The Hall–Kier alpha value is -2.22. The van der Waals surface area contributed by atoms with Gasteiger partial charge < -0.3 is 13.9 Å². The van der Waals surface area contributed by atoms with E-state index in [2.05, 4.69) is 20.2 Å². The molecule has 2 aromatic heterocycles. The molecule has 4 rings (SSSR count). The van der Waals surface area contributed by atoms with Crippen LogP contribution in [-0.2, 0) is 6.54 Å². The second kappa shape index (κ2) is 6.01. The van der Waals surface area contributed by atoms with Crippen molar-refractivity contribution in [1.82, 2.24) is 25.1 Å². The minimum atomic E-state index is -0.0688. The van der Waals surface area contributed by atoms with Gasteiger partial charge in [0, 0.05) is 38.0 Å². The molecule has 1 aliphatic carbocycles. The van der Waals surface area contributed by atoms with E-state index in [0.717, 1.165) is 31.5 Å². The molecule has 24 heavy (non-hydrogen) atoms. The van der Waals surface area contributed by atoms with Crippen molar-refractivity contribution in [3.8, 4) is 0 Å². The number of aryl methyl sites for hydroxylation is 1. The Balaban J connectivity index is 1.35. The molecule has 0 N–H and O–H groups in total. The highest BCUT2D eigenvalue weighted by molar-refractivity contribution is 5.91. The molecule has 1 saturated heterocycles. The number of likely N-dealkylation sites (tertiary alicyclic amines) is 1. The van der Waals surface area contributed by atoms with E-state index in [0.29, 0.717) is 36.5 Å². The molecule has 1 aliphatic heterocycles. The van der Waals surface area contributed by atoms with Gasteiger partial charge >= 0.3 is 0 Å². The standard InChI is InChI=1S/C16H21N5O3/c1-10-17-15(19-23-10)9-20(2)12-5-6-21(8-12)16(22)14-7-13(18-24-14)11-3-4-11/h7,11-12H,3-6,8-9H2,1-2H3. The lowest BCUT2D eigenvalue weighted by Crippen LogP contribution is -2.36. The molecule has 1 saturated carbocycles. The first-order valence-corrected chi connectivity index (χ1v) is 8.35. The summed E-state index contributed by atoms with van der Waals surface area (Å²) in [5, 5.41) is 7.95. The van der Waals surface area contributed by atoms with Gasteiger partial charge in [0.15, 0.2) is 5.82 Å². The smallest absolute Gasteiger partial charge is 0.292 e. The Bertz CT molecular complexity index is 736. The van der Waals surface area contributed by atoms with Gasteiger partial charge in [-0.05, 0) is 26.3 Å². The first-order valence-electron chi connectivity index (χ1n) is 8.35. The molecule has 1 amide bonds. The van der Waals surface area contributed by atoms with Crippen LogP contribution in [0.3, 0.4) is 0 Å². The van der Waals surface area contributed by atoms with E-state index in [1.54, 1.807) is 13.0 Å². The van der Waals surface area contributed by atoms with Crippen molar-refractivity contribution >= 4 is 5.91 Å². The van der Waals surface area contributed by atoms with Gasteiger partial charge in [-0.2, -0.15) is 4.98 Å². The number of likely N-dealkylation sites (N-methyl/N-ethyl adjacent to an activating group) is 1. The molecular weight excluding hydrogens is 310 g/mol. The van der Waals surface area contributed by atoms with Crippen LogP contribution in [0.5, 0.6) is 0 Å². The number of aromatic nitrogens is 3. The third kappa shape index (κ3) is 3.06. The summed E-state index contributed by atoms with van der Waals surface area (Å²) in [5.74, 6) is 2.02. The van der Waals surface area contributed by atoms with E-state index in [-0.39, 0.29) is 11.9 Å². The zero-order chi connectivity index (χ0) is 16.7. The van der Waals surface area contributed by atoms with Gasteiger partial charge in [0.1, 0.15) is 0 Å². The topological polar surface area (TPSA) is 88.5 Å². The fourth-order valence-corrected chi connectivity index (χ4v) is 3.16. The molecule has 0 aromatic carbocycles. The number of rotatable bonds is 5. The number of hydrogen-bond donors (Lipinski definition) is 0. The van der Waals surface area contributed by atoms with Gasteiger partial charge in [-0.15, -0.1) is 0 Å². The van der Waals surface area contributed by atoms with E-state index in [1.165, 1.54) is 0 Å². The molecule has 1 unspecified atom stereocenters. The van der Waals surface area contributed by atoms with Crippen molar-refractivity contribution < 1.29 is 13.8 Å². The average Bonchev–Trinajstić information content (AvgIpc) is 3.00. The van der Waals surface area contributed by atoms with Crippen LogP contribution in [0.1, 0.15) is 53.1 Å². The molecule has 2 aliphatic rings. The third-order valence-corrected chi connectivity index (χ3v) is 4.77. The summed E-state index contributed by atoms with van der Waals surface area (Å²) in [4.78, 5) is 20.8. The normalized spacial score (nSPS) is 21.0. The van der Waals surface area contributed by atoms with Crippen LogP contribution in [0.4, 0.5) is 0 Å². The Morgan fingerprint density at radius 2 is 2.17 bits per heavy atom. The molecule has 1 atom stereocenters. The number of nitrogens with zero attached hydrogens (tertiary/aromatic N) is 5. The summed E-state index contributed by atoms with van der Waals surface area (Å²) in [5.41, 5.74) is 0.915. The summed E-state index contributed by atoms with van der Waals surface area (Å²) in [6, 6.07) is 2.08. The maximum Gasteiger partial charge on any atom is 0.292 e. The Kier molecular flexibility index (Phi) is 3.84. The van der Waals surface area contributed by atoms with Crippen molar-refractivity contribution in [2.24, 2.45) is 0 Å². The Labute approximate surface area is 139 Å². The second-order valence-electron chi connectivity index (χ2n) is 6.73. The summed E-state index contributed by atoms with van der Waals surface area (Å²) in [6.07, 6.45) is 3.21. The molecular formula is C16H21N5O3. The van der Waals surface area contributed by atoms with Crippen molar-refractivity contribution in [2.45, 2.75) is 44.7 Å². The molecule has 8 nitrogen and oxygen atoms in total. The summed E-state index contributed by atoms with van der Waals surface area (Å²) in [6.45, 7) is 3.78. The zero-order valence-electron chi connectivity index (χ0n) is 13.9. The van der Waals surface area contributed by atoms with E-state index < -0.39 is 0 Å². The molecule has 8 heteroatoms. The van der Waals surface area contributed by atoms with Crippen LogP contribution in [0.25, 0.3) is 0 Å². The van der Waals surface area contributed by atoms with Crippen molar-refractivity contribution in [3.63, 3.8) is 0 Å². The van der Waals surface area contributed by atoms with E-state index in [4.69, 9.17) is 9.05 Å². The minimum Gasteiger partial charge on any atom is -0.351 e. The second-order valence-corrected chi connectivity index (χ2v) is 6.73. The van der Waals surface area contributed by atoms with Crippen LogP contribution in [0.2, 0.25) is 0 Å². The average molecular weight is 331 g/mol. The SMILES string of the molecule is Cc1nc(CN(C)C2CCN(C(=O)c3cc(C4CC4)no3)C2)no1. The molecule has 2 aromatic rings. The van der Waals surface area contributed by atoms with Crippen LogP contribution < -0.4 is 0 Å². The third-order valence-electron chi connectivity index (χ3n) is 4.77. The van der Waals surface area contributed by atoms with Crippen LogP contribution in [-0.4, -0.2) is 57.2 Å². The lowest BCUT2D eigenvalue weighted by atomic mass is 10.2. The lowest BCUT2D eigenvalue weighted by molar-refractivity contribution is 0.0737. The van der Waals surface area contributed by atoms with Gasteiger partial charge in [-0.3, -0.25) is 9.69 Å². The van der Waals surface area contributed by atoms with Crippen molar-refractivity contribution in [1.29, 1.82) is 0 Å². The molecule has 0 spiro atoms. The molecule has 3 heterocycles. The summed E-state index contributed by atoms with van der Waals surface area (Å²) >= 11 is 0. The van der Waals surface area contributed by atoms with E-state index in [1.807, 2.05) is 11.9 Å². The fourth-order valence-electron chi connectivity index (χ4n) is 3.16. The summed E-state index contributed by atoms with van der Waals surface area (Å²) < 4.78 is 10.2. The lowest BCUT2D eigenvalue weighted by Gasteiger charge is -2.22. The number of hydrogen-bond acceptors (Lipinski definition) is 7. The predicted molar refractivity (Wildman–Crippen MR) is 83.3 cm³/mol. The molecule has 0 bridgehead atoms. The van der Waals surface area contributed by atoms with Crippen molar-refractivity contribution in [2.75, 3.05) is 20.1 Å². The highest BCUT2D eigenvalue weighted by Gasteiger charge is 2.33. The largest absolute Gasteiger partial charge is 0.351 e. The number of carbonyl (C=O) groups excluding carboxylic acids is 1.